The molecule has 0 atom stereocenters. The Hall–Kier alpha value is -1.14. The molecule has 0 fully saturated rings. The molecule has 2 aromatic rings. The Morgan fingerprint density at radius 1 is 1.10 bits per heavy atom. The SMILES string of the molecule is O=C(CBr)c1cccc(-c2cccc(Br)c2C(F)(F)F)c1. The van der Waals surface area contributed by atoms with Crippen molar-refractivity contribution in [1.82, 2.24) is 0 Å². The molecular formula is C15H9Br2F3O. The number of Topliss-reactive ketones (excluding diaryl/α,β-unsaturated/α-hetero) is 1. The molecule has 0 saturated heterocycles. The predicted octanol–water partition coefficient (Wildman–Crippen LogP) is 5.71. The van der Waals surface area contributed by atoms with Crippen LogP contribution < -0.4 is 0 Å². The maximum Gasteiger partial charge on any atom is 0.418 e. The fourth-order valence-corrected chi connectivity index (χ4v) is 2.90. The van der Waals surface area contributed by atoms with E-state index in [1.165, 1.54) is 24.3 Å². The van der Waals surface area contributed by atoms with Crippen molar-refractivity contribution >= 4 is 37.6 Å². The molecule has 110 valence electrons. The summed E-state index contributed by atoms with van der Waals surface area (Å²) in [6, 6.07) is 10.5. The number of benzene rings is 2. The van der Waals surface area contributed by atoms with Gasteiger partial charge in [-0.1, -0.05) is 62.2 Å². The minimum absolute atomic E-state index is 0.0234. The third-order valence-corrected chi connectivity index (χ3v) is 4.08. The van der Waals surface area contributed by atoms with Crippen molar-refractivity contribution in [3.05, 3.63) is 58.1 Å². The fraction of sp³-hybridized carbons (Fsp3) is 0.133. The molecule has 0 amide bonds. The molecule has 0 bridgehead atoms. The normalized spacial score (nSPS) is 11.5. The maximum absolute atomic E-state index is 13.2. The van der Waals surface area contributed by atoms with Gasteiger partial charge in [-0.05, 0) is 23.3 Å². The molecule has 0 saturated carbocycles. The molecule has 0 aliphatic heterocycles. The number of hydrogen-bond acceptors (Lipinski definition) is 1. The zero-order valence-electron chi connectivity index (χ0n) is 10.5. The summed E-state index contributed by atoms with van der Waals surface area (Å²) in [7, 11) is 0. The first kappa shape index (κ1) is 16.2. The molecule has 0 spiro atoms. The Kier molecular flexibility index (Phi) is 4.88. The third-order valence-electron chi connectivity index (χ3n) is 2.91. The van der Waals surface area contributed by atoms with Crippen LogP contribution in [0.2, 0.25) is 0 Å². The average molecular weight is 422 g/mol. The quantitative estimate of drug-likeness (QED) is 0.458. The molecule has 2 aromatic carbocycles. The summed E-state index contributed by atoms with van der Waals surface area (Å²) >= 11 is 6.00. The second-order valence-electron chi connectivity index (χ2n) is 4.30. The van der Waals surface area contributed by atoms with E-state index in [9.17, 15) is 18.0 Å². The lowest BCUT2D eigenvalue weighted by Gasteiger charge is -2.15. The van der Waals surface area contributed by atoms with E-state index in [-0.39, 0.29) is 21.1 Å². The highest BCUT2D eigenvalue weighted by atomic mass is 79.9. The topological polar surface area (TPSA) is 17.1 Å². The molecule has 0 radical (unpaired) electrons. The van der Waals surface area contributed by atoms with Gasteiger partial charge in [0, 0.05) is 10.0 Å². The molecule has 0 unspecified atom stereocenters. The largest absolute Gasteiger partial charge is 0.418 e. The highest BCUT2D eigenvalue weighted by Crippen LogP contribution is 2.41. The predicted molar refractivity (Wildman–Crippen MR) is 82.7 cm³/mol. The summed E-state index contributed by atoms with van der Waals surface area (Å²) in [6.07, 6.45) is -4.48. The van der Waals surface area contributed by atoms with Crippen LogP contribution in [-0.2, 0) is 6.18 Å². The molecule has 0 aliphatic carbocycles. The van der Waals surface area contributed by atoms with Crippen molar-refractivity contribution in [1.29, 1.82) is 0 Å². The molecule has 0 N–H and O–H groups in total. The van der Waals surface area contributed by atoms with Crippen molar-refractivity contribution < 1.29 is 18.0 Å². The van der Waals surface area contributed by atoms with Gasteiger partial charge in [-0.25, -0.2) is 0 Å². The van der Waals surface area contributed by atoms with Gasteiger partial charge in [-0.2, -0.15) is 13.2 Å². The standard InChI is InChI=1S/C15H9Br2F3O/c16-8-13(21)10-4-1-3-9(7-10)11-5-2-6-12(17)14(11)15(18,19)20/h1-7H,8H2. The van der Waals surface area contributed by atoms with Gasteiger partial charge in [-0.15, -0.1) is 0 Å². The van der Waals surface area contributed by atoms with Crippen molar-refractivity contribution in [2.75, 3.05) is 5.33 Å². The van der Waals surface area contributed by atoms with Gasteiger partial charge in [0.1, 0.15) is 0 Å². The maximum atomic E-state index is 13.2. The van der Waals surface area contributed by atoms with Crippen LogP contribution in [0, 0.1) is 0 Å². The summed E-state index contributed by atoms with van der Waals surface area (Å²) in [5.74, 6) is -0.180. The number of hydrogen-bond donors (Lipinski definition) is 0. The minimum atomic E-state index is -4.48. The smallest absolute Gasteiger partial charge is 0.293 e. The first-order valence-electron chi connectivity index (χ1n) is 5.90. The number of alkyl halides is 4. The van der Waals surface area contributed by atoms with Gasteiger partial charge in [0.25, 0.3) is 0 Å². The number of carbonyl (C=O) groups excluding carboxylic acids is 1. The van der Waals surface area contributed by atoms with E-state index < -0.39 is 11.7 Å². The van der Waals surface area contributed by atoms with Crippen LogP contribution in [0.3, 0.4) is 0 Å². The lowest BCUT2D eigenvalue weighted by molar-refractivity contribution is -0.137. The molecule has 0 heterocycles. The van der Waals surface area contributed by atoms with E-state index in [0.717, 1.165) is 0 Å². The number of carbonyl (C=O) groups is 1. The van der Waals surface area contributed by atoms with Gasteiger partial charge in [0.15, 0.2) is 5.78 Å². The monoisotopic (exact) mass is 420 g/mol. The van der Waals surface area contributed by atoms with Crippen LogP contribution >= 0.6 is 31.9 Å². The van der Waals surface area contributed by atoms with Gasteiger partial charge in [0.05, 0.1) is 10.9 Å². The van der Waals surface area contributed by atoms with E-state index in [2.05, 4.69) is 31.9 Å². The van der Waals surface area contributed by atoms with Crippen molar-refractivity contribution in [3.8, 4) is 11.1 Å². The van der Waals surface area contributed by atoms with Crippen molar-refractivity contribution in [3.63, 3.8) is 0 Å². The van der Waals surface area contributed by atoms with Gasteiger partial charge in [0.2, 0.25) is 0 Å². The average Bonchev–Trinajstić information content (AvgIpc) is 2.45. The Morgan fingerprint density at radius 2 is 1.76 bits per heavy atom. The zero-order valence-corrected chi connectivity index (χ0v) is 13.7. The Labute approximate surface area is 136 Å². The number of halogens is 5. The Morgan fingerprint density at radius 3 is 2.38 bits per heavy atom. The van der Waals surface area contributed by atoms with Crippen molar-refractivity contribution in [2.24, 2.45) is 0 Å². The van der Waals surface area contributed by atoms with Gasteiger partial charge < -0.3 is 0 Å². The van der Waals surface area contributed by atoms with Crippen LogP contribution in [0.25, 0.3) is 11.1 Å². The summed E-state index contributed by atoms with van der Waals surface area (Å²) in [5, 5.41) is 0.126. The van der Waals surface area contributed by atoms with E-state index in [1.54, 1.807) is 18.2 Å². The van der Waals surface area contributed by atoms with Crippen LogP contribution in [0.15, 0.2) is 46.9 Å². The van der Waals surface area contributed by atoms with E-state index in [1.807, 2.05) is 0 Å². The summed E-state index contributed by atoms with van der Waals surface area (Å²) in [6.45, 7) is 0. The minimum Gasteiger partial charge on any atom is -0.293 e. The molecule has 1 nitrogen and oxygen atoms in total. The van der Waals surface area contributed by atoms with Gasteiger partial charge >= 0.3 is 6.18 Å². The van der Waals surface area contributed by atoms with Crippen LogP contribution in [0.4, 0.5) is 13.2 Å². The van der Waals surface area contributed by atoms with Crippen LogP contribution in [0.5, 0.6) is 0 Å². The molecule has 2 rings (SSSR count). The van der Waals surface area contributed by atoms with Crippen LogP contribution in [0.1, 0.15) is 15.9 Å². The highest BCUT2D eigenvalue weighted by Gasteiger charge is 2.35. The summed E-state index contributed by atoms with van der Waals surface area (Å²) < 4.78 is 39.6. The highest BCUT2D eigenvalue weighted by molar-refractivity contribution is 9.10. The third kappa shape index (κ3) is 3.55. The zero-order chi connectivity index (χ0) is 15.6. The second-order valence-corrected chi connectivity index (χ2v) is 5.71. The lowest BCUT2D eigenvalue weighted by atomic mass is 9.97. The molecular weight excluding hydrogens is 413 g/mol. The molecule has 21 heavy (non-hydrogen) atoms. The molecule has 6 heteroatoms. The van der Waals surface area contributed by atoms with E-state index in [4.69, 9.17) is 0 Å². The Balaban J connectivity index is 2.63. The Bertz CT molecular complexity index is 681. The van der Waals surface area contributed by atoms with Crippen molar-refractivity contribution in [2.45, 2.75) is 6.18 Å². The first-order valence-corrected chi connectivity index (χ1v) is 7.81. The molecule has 0 aliphatic rings. The second kappa shape index (κ2) is 6.32. The van der Waals surface area contributed by atoms with E-state index >= 15 is 0 Å². The number of ketones is 1. The van der Waals surface area contributed by atoms with E-state index in [0.29, 0.717) is 11.1 Å². The summed E-state index contributed by atoms with van der Waals surface area (Å²) in [5.41, 5.74) is 0.0300. The lowest BCUT2D eigenvalue weighted by Crippen LogP contribution is -2.08. The van der Waals surface area contributed by atoms with Crippen LogP contribution in [-0.4, -0.2) is 11.1 Å². The molecule has 0 aromatic heterocycles. The summed E-state index contributed by atoms with van der Waals surface area (Å²) in [4.78, 5) is 11.7. The van der Waals surface area contributed by atoms with Gasteiger partial charge in [-0.3, -0.25) is 4.79 Å². The first-order chi connectivity index (χ1) is 9.84. The number of rotatable bonds is 3. The fourth-order valence-electron chi connectivity index (χ4n) is 1.99.